The van der Waals surface area contributed by atoms with E-state index in [0.717, 1.165) is 6.54 Å². The van der Waals surface area contributed by atoms with E-state index >= 15 is 0 Å². The van der Waals surface area contributed by atoms with Crippen LogP contribution in [0.2, 0.25) is 0 Å². The van der Waals surface area contributed by atoms with E-state index in [1.165, 1.54) is 28.4 Å². The number of nitrogens with zero attached hydrogens (tertiary/aromatic N) is 1. The summed E-state index contributed by atoms with van der Waals surface area (Å²) in [5.41, 5.74) is 1.42. The zero-order chi connectivity index (χ0) is 13.1. The van der Waals surface area contributed by atoms with E-state index < -0.39 is 0 Å². The molecule has 0 radical (unpaired) electrons. The predicted molar refractivity (Wildman–Crippen MR) is 76.9 cm³/mol. The van der Waals surface area contributed by atoms with Crippen LogP contribution in [0.1, 0.15) is 69.0 Å². The second kappa shape index (κ2) is 5.96. The molecule has 0 amide bonds. The first-order valence-electron chi connectivity index (χ1n) is 6.58. The normalized spacial score (nSPS) is 12.4. The molecule has 1 N–H and O–H groups in total. The largest absolute Gasteiger partial charge is 0.315 e. The van der Waals surface area contributed by atoms with Gasteiger partial charge in [0.1, 0.15) is 0 Å². The van der Waals surface area contributed by atoms with Crippen molar-refractivity contribution in [1.29, 1.82) is 0 Å². The molecule has 2 nitrogen and oxygen atoms in total. The molecular formula is C14H26N2S. The molecule has 1 aromatic rings. The van der Waals surface area contributed by atoms with Crippen LogP contribution in [0.25, 0.3) is 0 Å². The quantitative estimate of drug-likeness (QED) is 0.857. The molecular weight excluding hydrogens is 228 g/mol. The highest BCUT2D eigenvalue weighted by atomic mass is 32.1. The van der Waals surface area contributed by atoms with Gasteiger partial charge in [-0.3, -0.25) is 0 Å². The second-order valence-corrected chi connectivity index (χ2v) is 6.73. The Hall–Kier alpha value is -0.410. The maximum absolute atomic E-state index is 4.92. The molecule has 0 unspecified atom stereocenters. The summed E-state index contributed by atoms with van der Waals surface area (Å²) in [5.74, 6) is 0.631. The topological polar surface area (TPSA) is 24.9 Å². The second-order valence-electron chi connectivity index (χ2n) is 5.62. The number of rotatable bonds is 5. The molecule has 0 aliphatic rings. The van der Waals surface area contributed by atoms with Crippen molar-refractivity contribution in [2.75, 3.05) is 7.05 Å². The fraction of sp³-hybridized carbons (Fsp3) is 0.786. The Morgan fingerprint density at radius 1 is 1.24 bits per heavy atom. The molecule has 1 heterocycles. The van der Waals surface area contributed by atoms with Crippen LogP contribution < -0.4 is 5.32 Å². The van der Waals surface area contributed by atoms with E-state index in [-0.39, 0.29) is 5.41 Å². The molecule has 0 aliphatic carbocycles. The lowest BCUT2D eigenvalue weighted by Crippen LogP contribution is -2.16. The highest BCUT2D eigenvalue weighted by Gasteiger charge is 2.24. The van der Waals surface area contributed by atoms with Crippen LogP contribution >= 0.6 is 11.3 Å². The van der Waals surface area contributed by atoms with Gasteiger partial charge in [-0.1, -0.05) is 34.6 Å². The van der Waals surface area contributed by atoms with Crippen molar-refractivity contribution in [2.24, 2.45) is 0 Å². The minimum atomic E-state index is 0.146. The molecule has 0 fully saturated rings. The lowest BCUT2D eigenvalue weighted by atomic mass is 9.91. The highest BCUT2D eigenvalue weighted by molar-refractivity contribution is 7.11. The van der Waals surface area contributed by atoms with Gasteiger partial charge >= 0.3 is 0 Å². The first kappa shape index (κ1) is 14.7. The van der Waals surface area contributed by atoms with Gasteiger partial charge in [0.05, 0.1) is 10.7 Å². The average Bonchev–Trinajstić information content (AvgIpc) is 2.64. The fourth-order valence-electron chi connectivity index (χ4n) is 2.05. The molecule has 0 spiro atoms. The Kier molecular flexibility index (Phi) is 5.14. The van der Waals surface area contributed by atoms with Gasteiger partial charge in [-0.2, -0.15) is 0 Å². The van der Waals surface area contributed by atoms with Gasteiger partial charge in [-0.05, 0) is 19.9 Å². The van der Waals surface area contributed by atoms with Crippen molar-refractivity contribution in [3.63, 3.8) is 0 Å². The minimum absolute atomic E-state index is 0.146. The highest BCUT2D eigenvalue weighted by Crippen LogP contribution is 2.34. The summed E-state index contributed by atoms with van der Waals surface area (Å²) in [5, 5.41) is 4.58. The van der Waals surface area contributed by atoms with Crippen LogP contribution in [0, 0.1) is 0 Å². The Labute approximate surface area is 110 Å². The number of hydrogen-bond acceptors (Lipinski definition) is 3. The van der Waals surface area contributed by atoms with Gasteiger partial charge in [0.2, 0.25) is 0 Å². The molecule has 1 rings (SSSR count). The first-order valence-corrected chi connectivity index (χ1v) is 7.40. The molecule has 17 heavy (non-hydrogen) atoms. The van der Waals surface area contributed by atoms with Crippen LogP contribution in [0.15, 0.2) is 0 Å². The molecule has 0 saturated carbocycles. The molecule has 0 atom stereocenters. The fourth-order valence-corrected chi connectivity index (χ4v) is 3.60. The third-order valence-electron chi connectivity index (χ3n) is 3.10. The van der Waals surface area contributed by atoms with Crippen LogP contribution in [-0.4, -0.2) is 12.0 Å². The van der Waals surface area contributed by atoms with E-state index in [0.29, 0.717) is 5.92 Å². The van der Waals surface area contributed by atoms with E-state index in [4.69, 9.17) is 4.98 Å². The van der Waals surface area contributed by atoms with Gasteiger partial charge in [0.15, 0.2) is 0 Å². The SMILES string of the molecule is CCC(CC)c1nc(C(C)(C)C)c(CNC)s1. The third kappa shape index (κ3) is 3.52. The van der Waals surface area contributed by atoms with Crippen molar-refractivity contribution in [3.05, 3.63) is 15.6 Å². The molecule has 98 valence electrons. The molecule has 1 aromatic heterocycles. The monoisotopic (exact) mass is 254 g/mol. The third-order valence-corrected chi connectivity index (χ3v) is 4.31. The van der Waals surface area contributed by atoms with Crippen LogP contribution in [0.5, 0.6) is 0 Å². The summed E-state index contributed by atoms with van der Waals surface area (Å²) in [6, 6.07) is 0. The van der Waals surface area contributed by atoms with E-state index in [2.05, 4.69) is 39.9 Å². The van der Waals surface area contributed by atoms with Crippen molar-refractivity contribution in [2.45, 2.75) is 65.3 Å². The van der Waals surface area contributed by atoms with E-state index in [9.17, 15) is 0 Å². The van der Waals surface area contributed by atoms with Gasteiger partial charge in [0, 0.05) is 22.8 Å². The van der Waals surface area contributed by atoms with Gasteiger partial charge < -0.3 is 5.32 Å². The van der Waals surface area contributed by atoms with Crippen molar-refractivity contribution < 1.29 is 0 Å². The van der Waals surface area contributed by atoms with Gasteiger partial charge in [-0.25, -0.2) is 4.98 Å². The van der Waals surface area contributed by atoms with Crippen LogP contribution in [-0.2, 0) is 12.0 Å². The maximum Gasteiger partial charge on any atom is 0.0962 e. The number of aromatic nitrogens is 1. The molecule has 0 aliphatic heterocycles. The average molecular weight is 254 g/mol. The Balaban J connectivity index is 3.11. The van der Waals surface area contributed by atoms with Crippen molar-refractivity contribution in [1.82, 2.24) is 10.3 Å². The maximum atomic E-state index is 4.92. The van der Waals surface area contributed by atoms with E-state index in [1.807, 2.05) is 18.4 Å². The summed E-state index contributed by atoms with van der Waals surface area (Å²) in [6.45, 7) is 12.2. The zero-order valence-corrected chi connectivity index (χ0v) is 12.9. The van der Waals surface area contributed by atoms with Crippen molar-refractivity contribution >= 4 is 11.3 Å². The van der Waals surface area contributed by atoms with Gasteiger partial charge in [0.25, 0.3) is 0 Å². The molecule has 3 heteroatoms. The zero-order valence-electron chi connectivity index (χ0n) is 12.1. The molecule has 0 bridgehead atoms. The van der Waals surface area contributed by atoms with Gasteiger partial charge in [-0.15, -0.1) is 11.3 Å². The first-order chi connectivity index (χ1) is 7.93. The Morgan fingerprint density at radius 3 is 2.24 bits per heavy atom. The predicted octanol–water partition coefficient (Wildman–Crippen LogP) is 4.06. The lowest BCUT2D eigenvalue weighted by Gasteiger charge is -2.17. The standard InChI is InChI=1S/C14H26N2S/c1-7-10(8-2)13-16-12(14(3,4)5)11(17-13)9-15-6/h10,15H,7-9H2,1-6H3. The molecule has 0 saturated heterocycles. The van der Waals surface area contributed by atoms with Crippen LogP contribution in [0.3, 0.4) is 0 Å². The molecule has 0 aromatic carbocycles. The summed E-state index contributed by atoms with van der Waals surface area (Å²) < 4.78 is 0. The number of hydrogen-bond donors (Lipinski definition) is 1. The Bertz CT molecular complexity index is 346. The minimum Gasteiger partial charge on any atom is -0.315 e. The smallest absolute Gasteiger partial charge is 0.0962 e. The van der Waals surface area contributed by atoms with Crippen molar-refractivity contribution in [3.8, 4) is 0 Å². The lowest BCUT2D eigenvalue weighted by molar-refractivity contribution is 0.554. The summed E-state index contributed by atoms with van der Waals surface area (Å²) >= 11 is 1.89. The number of nitrogens with one attached hydrogen (secondary N) is 1. The Morgan fingerprint density at radius 2 is 1.82 bits per heavy atom. The summed E-state index contributed by atoms with van der Waals surface area (Å²) in [7, 11) is 2.00. The number of thiazole rings is 1. The van der Waals surface area contributed by atoms with Crippen LogP contribution in [0.4, 0.5) is 0 Å². The van der Waals surface area contributed by atoms with E-state index in [1.54, 1.807) is 0 Å². The summed E-state index contributed by atoms with van der Waals surface area (Å²) in [6.07, 6.45) is 2.37. The summed E-state index contributed by atoms with van der Waals surface area (Å²) in [4.78, 5) is 6.33.